The molecule has 2 N–H and O–H groups in total. The first kappa shape index (κ1) is 24.5. The quantitative estimate of drug-likeness (QED) is 0.479. The lowest BCUT2D eigenvalue weighted by molar-refractivity contribution is -0.113. The van der Waals surface area contributed by atoms with Gasteiger partial charge < -0.3 is 20.4 Å². The molecule has 0 spiro atoms. The van der Waals surface area contributed by atoms with Crippen molar-refractivity contribution in [2.75, 3.05) is 36.4 Å². The third-order valence-electron chi connectivity index (χ3n) is 6.69. The molecule has 1 saturated heterocycles. The van der Waals surface area contributed by atoms with E-state index in [-0.39, 0.29) is 5.91 Å². The molecule has 3 aromatic rings. The summed E-state index contributed by atoms with van der Waals surface area (Å²) in [7, 11) is 0. The Morgan fingerprint density at radius 1 is 1.16 bits per heavy atom. The van der Waals surface area contributed by atoms with Crippen LogP contribution in [0.15, 0.2) is 84.9 Å². The summed E-state index contributed by atoms with van der Waals surface area (Å²) in [5.41, 5.74) is 4.86. The first-order chi connectivity index (χ1) is 18.1. The average Bonchev–Trinajstić information content (AvgIpc) is 3.29. The van der Waals surface area contributed by atoms with Crippen molar-refractivity contribution in [3.63, 3.8) is 0 Å². The Morgan fingerprint density at radius 2 is 1.97 bits per heavy atom. The van der Waals surface area contributed by atoms with Gasteiger partial charge in [0.25, 0.3) is 5.91 Å². The monoisotopic (exact) mass is 495 g/mol. The number of allylic oxidation sites excluding steroid dienone is 4. The molecule has 1 amide bonds. The number of aromatic nitrogens is 3. The molecule has 2 aliphatic rings. The molecule has 2 aliphatic heterocycles. The van der Waals surface area contributed by atoms with E-state index in [9.17, 15) is 4.79 Å². The molecule has 4 heterocycles. The van der Waals surface area contributed by atoms with Crippen LogP contribution in [-0.2, 0) is 17.8 Å². The van der Waals surface area contributed by atoms with E-state index in [0.29, 0.717) is 12.2 Å². The smallest absolute Gasteiger partial charge is 0.272 e. The fourth-order valence-corrected chi connectivity index (χ4v) is 4.84. The summed E-state index contributed by atoms with van der Waals surface area (Å²) in [6.45, 7) is 12.4. The number of rotatable bonds is 7. The SMILES string of the molecule is C=C1C=CC=CN1/C(=C\C)C(=O)Nc1cccc2c1c(CC)nn2Cc1cccc(N2CCNCC2)n1. The summed E-state index contributed by atoms with van der Waals surface area (Å²) in [6.07, 6.45) is 10.1. The van der Waals surface area contributed by atoms with Crippen LogP contribution in [0.3, 0.4) is 0 Å². The fraction of sp³-hybridized carbons (Fsp3) is 0.276. The Kier molecular flexibility index (Phi) is 7.18. The molecule has 2 aromatic heterocycles. The maximum Gasteiger partial charge on any atom is 0.272 e. The van der Waals surface area contributed by atoms with Crippen molar-refractivity contribution in [1.82, 2.24) is 25.0 Å². The zero-order chi connectivity index (χ0) is 25.8. The van der Waals surface area contributed by atoms with Gasteiger partial charge in [-0.3, -0.25) is 9.48 Å². The highest BCUT2D eigenvalue weighted by molar-refractivity contribution is 6.09. The number of benzene rings is 1. The van der Waals surface area contributed by atoms with Crippen LogP contribution < -0.4 is 15.5 Å². The molecular weight excluding hydrogens is 462 g/mol. The van der Waals surface area contributed by atoms with Gasteiger partial charge in [0, 0.05) is 43.5 Å². The van der Waals surface area contributed by atoms with Gasteiger partial charge in [-0.05, 0) is 49.8 Å². The minimum absolute atomic E-state index is 0.198. The number of hydrogen-bond donors (Lipinski definition) is 2. The normalized spacial score (nSPS) is 16.1. The Balaban J connectivity index is 1.43. The molecule has 1 aromatic carbocycles. The predicted octanol–water partition coefficient (Wildman–Crippen LogP) is 4.19. The number of hydrogen-bond acceptors (Lipinski definition) is 6. The Bertz CT molecular complexity index is 1410. The predicted molar refractivity (Wildman–Crippen MR) is 149 cm³/mol. The van der Waals surface area contributed by atoms with Crippen LogP contribution in [0.5, 0.6) is 0 Å². The van der Waals surface area contributed by atoms with Gasteiger partial charge >= 0.3 is 0 Å². The first-order valence-corrected chi connectivity index (χ1v) is 12.8. The minimum atomic E-state index is -0.198. The third-order valence-corrected chi connectivity index (χ3v) is 6.69. The van der Waals surface area contributed by atoms with Crippen molar-refractivity contribution in [2.24, 2.45) is 0 Å². The summed E-state index contributed by atoms with van der Waals surface area (Å²) in [4.78, 5) is 22.4. The van der Waals surface area contributed by atoms with Crippen molar-refractivity contribution in [2.45, 2.75) is 26.8 Å². The number of piperazine rings is 1. The van der Waals surface area contributed by atoms with Gasteiger partial charge in [-0.2, -0.15) is 5.10 Å². The minimum Gasteiger partial charge on any atom is -0.354 e. The second kappa shape index (κ2) is 10.8. The van der Waals surface area contributed by atoms with E-state index in [1.807, 2.05) is 60.3 Å². The summed E-state index contributed by atoms with van der Waals surface area (Å²) < 4.78 is 1.99. The Hall–Kier alpha value is -4.17. The number of anilines is 2. The van der Waals surface area contributed by atoms with E-state index in [1.165, 1.54) is 0 Å². The number of amides is 1. The van der Waals surface area contributed by atoms with Gasteiger partial charge in [-0.1, -0.05) is 37.8 Å². The maximum absolute atomic E-state index is 13.4. The van der Waals surface area contributed by atoms with Crippen molar-refractivity contribution in [3.8, 4) is 0 Å². The molecule has 0 atom stereocenters. The molecule has 8 nitrogen and oxygen atoms in total. The van der Waals surface area contributed by atoms with Crippen molar-refractivity contribution in [1.29, 1.82) is 0 Å². The van der Waals surface area contributed by atoms with Crippen molar-refractivity contribution >= 4 is 28.3 Å². The lowest BCUT2D eigenvalue weighted by atomic mass is 10.1. The van der Waals surface area contributed by atoms with Gasteiger partial charge in [-0.25, -0.2) is 4.98 Å². The van der Waals surface area contributed by atoms with Crippen LogP contribution in [0.2, 0.25) is 0 Å². The van der Waals surface area contributed by atoms with Crippen LogP contribution in [-0.4, -0.2) is 51.8 Å². The van der Waals surface area contributed by atoms with Crippen molar-refractivity contribution in [3.05, 3.63) is 96.3 Å². The summed E-state index contributed by atoms with van der Waals surface area (Å²) in [6, 6.07) is 12.1. The standard InChI is InChI=1S/C29H33N7O/c1-4-23-28-24(32-29(37)25(5-2)35-17-7-6-10-21(35)3)12-9-13-26(28)36(33-23)20-22-11-8-14-27(31-22)34-18-15-30-16-19-34/h5-14,17,30H,3-4,15-16,18-20H2,1-2H3,(H,32,37)/b25-5-. The molecular formula is C29H33N7O. The van der Waals surface area contributed by atoms with Gasteiger partial charge in [0.2, 0.25) is 0 Å². The number of carbonyl (C=O) groups is 1. The number of nitrogens with one attached hydrogen (secondary N) is 2. The highest BCUT2D eigenvalue weighted by Gasteiger charge is 2.21. The fourth-order valence-electron chi connectivity index (χ4n) is 4.84. The summed E-state index contributed by atoms with van der Waals surface area (Å²) in [5, 5.41) is 12.4. The zero-order valence-corrected chi connectivity index (χ0v) is 21.4. The molecule has 5 rings (SSSR count). The van der Waals surface area contributed by atoms with E-state index in [2.05, 4.69) is 41.2 Å². The Labute approximate surface area is 217 Å². The number of carbonyl (C=O) groups excluding carboxylic acids is 1. The second-order valence-corrected chi connectivity index (χ2v) is 9.07. The number of nitrogens with zero attached hydrogens (tertiary/aromatic N) is 5. The molecule has 0 saturated carbocycles. The summed E-state index contributed by atoms with van der Waals surface area (Å²) >= 11 is 0. The van der Waals surface area contributed by atoms with Gasteiger partial charge in [0.05, 0.1) is 29.1 Å². The van der Waals surface area contributed by atoms with E-state index < -0.39 is 0 Å². The topological polar surface area (TPSA) is 78.3 Å². The number of fused-ring (bicyclic) bond motifs is 1. The lowest BCUT2D eigenvalue weighted by Gasteiger charge is -2.28. The summed E-state index contributed by atoms with van der Waals surface area (Å²) in [5.74, 6) is 0.803. The average molecular weight is 496 g/mol. The highest BCUT2D eigenvalue weighted by atomic mass is 16.2. The van der Waals surface area contributed by atoms with Crippen LogP contribution >= 0.6 is 0 Å². The van der Waals surface area contributed by atoms with Crippen LogP contribution in [0, 0.1) is 0 Å². The third kappa shape index (κ3) is 5.06. The molecule has 0 unspecified atom stereocenters. The van der Waals surface area contributed by atoms with Crippen LogP contribution in [0.25, 0.3) is 10.9 Å². The maximum atomic E-state index is 13.4. The molecule has 0 bridgehead atoms. The first-order valence-electron chi connectivity index (χ1n) is 12.8. The van der Waals surface area contributed by atoms with E-state index in [0.717, 1.165) is 72.1 Å². The number of pyridine rings is 1. The second-order valence-electron chi connectivity index (χ2n) is 9.07. The lowest BCUT2D eigenvalue weighted by Crippen LogP contribution is -2.43. The highest BCUT2D eigenvalue weighted by Crippen LogP contribution is 2.29. The van der Waals surface area contributed by atoms with Gasteiger partial charge in [0.1, 0.15) is 11.5 Å². The van der Waals surface area contributed by atoms with Crippen LogP contribution in [0.1, 0.15) is 25.2 Å². The molecule has 190 valence electrons. The molecule has 37 heavy (non-hydrogen) atoms. The van der Waals surface area contributed by atoms with Crippen LogP contribution in [0.4, 0.5) is 11.5 Å². The molecule has 8 heteroatoms. The molecule has 0 aliphatic carbocycles. The largest absolute Gasteiger partial charge is 0.354 e. The Morgan fingerprint density at radius 3 is 2.73 bits per heavy atom. The molecule has 0 radical (unpaired) electrons. The zero-order valence-electron chi connectivity index (χ0n) is 21.4. The van der Waals surface area contributed by atoms with Crippen molar-refractivity contribution < 1.29 is 4.79 Å². The van der Waals surface area contributed by atoms with Gasteiger partial charge in [0.15, 0.2) is 0 Å². The van der Waals surface area contributed by atoms with E-state index in [4.69, 9.17) is 10.1 Å². The van der Waals surface area contributed by atoms with E-state index in [1.54, 1.807) is 11.0 Å². The molecule has 1 fully saturated rings. The van der Waals surface area contributed by atoms with Gasteiger partial charge in [-0.15, -0.1) is 0 Å². The number of aryl methyl sites for hydroxylation is 1. The van der Waals surface area contributed by atoms with E-state index >= 15 is 0 Å².